The molecule has 4 nitrogen and oxygen atoms in total. The van der Waals surface area contributed by atoms with Crippen LogP contribution in [0.3, 0.4) is 0 Å². The second kappa shape index (κ2) is 10.5. The molecule has 1 rings (SSSR count). The second-order valence-corrected chi connectivity index (χ2v) is 5.65. The first-order valence-corrected chi connectivity index (χ1v) is 8.64. The van der Waals surface area contributed by atoms with Gasteiger partial charge in [-0.2, -0.15) is 11.8 Å². The molecule has 2 N–H and O–H groups in total. The number of anilines is 1. The smallest absolute Gasteiger partial charge is 0.252 e. The topological polar surface area (TPSA) is 54.0 Å². The molecule has 1 amide bonds. The molecule has 0 aliphatic heterocycles. The Kier molecular flexibility index (Phi) is 8.87. The third-order valence-electron chi connectivity index (χ3n) is 2.89. The quantitative estimate of drug-likeness (QED) is 0.651. The van der Waals surface area contributed by atoms with Gasteiger partial charge in [-0.1, -0.05) is 13.3 Å². The molecule has 0 saturated heterocycles. The van der Waals surface area contributed by atoms with Gasteiger partial charge in [0.1, 0.15) is 5.82 Å². The first-order valence-electron chi connectivity index (χ1n) is 7.25. The lowest BCUT2D eigenvalue weighted by molar-refractivity contribution is 0.0952. The van der Waals surface area contributed by atoms with Crippen molar-refractivity contribution in [3.63, 3.8) is 0 Å². The monoisotopic (exact) mass is 295 g/mol. The SMILES string of the molecule is CCCNc1ccc(C(=O)NCCCCCSC)cn1. The number of hydrogen-bond donors (Lipinski definition) is 2. The average molecular weight is 295 g/mol. The van der Waals surface area contributed by atoms with Crippen LogP contribution in [0.1, 0.15) is 43.0 Å². The van der Waals surface area contributed by atoms with Crippen molar-refractivity contribution in [2.75, 3.05) is 30.4 Å². The maximum atomic E-state index is 11.9. The Morgan fingerprint density at radius 2 is 2.10 bits per heavy atom. The van der Waals surface area contributed by atoms with Crippen LogP contribution < -0.4 is 10.6 Å². The van der Waals surface area contributed by atoms with E-state index in [1.54, 1.807) is 6.20 Å². The second-order valence-electron chi connectivity index (χ2n) is 4.67. The molecule has 0 aromatic carbocycles. The molecule has 0 saturated carbocycles. The number of carbonyl (C=O) groups is 1. The number of carbonyl (C=O) groups excluding carboxylic acids is 1. The van der Waals surface area contributed by atoms with E-state index in [9.17, 15) is 4.79 Å². The van der Waals surface area contributed by atoms with Crippen molar-refractivity contribution in [2.45, 2.75) is 32.6 Å². The number of hydrogen-bond acceptors (Lipinski definition) is 4. The van der Waals surface area contributed by atoms with Gasteiger partial charge in [-0.15, -0.1) is 0 Å². The Bertz CT molecular complexity index is 381. The number of unbranched alkanes of at least 4 members (excludes halogenated alkanes) is 2. The summed E-state index contributed by atoms with van der Waals surface area (Å²) in [6.07, 6.45) is 8.22. The van der Waals surface area contributed by atoms with Gasteiger partial charge >= 0.3 is 0 Å². The Morgan fingerprint density at radius 1 is 1.25 bits per heavy atom. The molecule has 20 heavy (non-hydrogen) atoms. The molecule has 5 heteroatoms. The van der Waals surface area contributed by atoms with Gasteiger partial charge in [0, 0.05) is 19.3 Å². The lowest BCUT2D eigenvalue weighted by Crippen LogP contribution is -2.24. The largest absolute Gasteiger partial charge is 0.370 e. The molecular formula is C15H25N3OS. The first-order chi connectivity index (χ1) is 9.77. The molecule has 1 aromatic rings. The van der Waals surface area contributed by atoms with Crippen molar-refractivity contribution in [1.29, 1.82) is 0 Å². The van der Waals surface area contributed by atoms with Crippen molar-refractivity contribution < 1.29 is 4.79 Å². The van der Waals surface area contributed by atoms with Crippen LogP contribution in [0.4, 0.5) is 5.82 Å². The Morgan fingerprint density at radius 3 is 2.75 bits per heavy atom. The minimum atomic E-state index is -0.0376. The fourth-order valence-electron chi connectivity index (χ4n) is 1.74. The fourth-order valence-corrected chi connectivity index (χ4v) is 2.23. The van der Waals surface area contributed by atoms with E-state index >= 15 is 0 Å². The van der Waals surface area contributed by atoms with Crippen LogP contribution >= 0.6 is 11.8 Å². The maximum Gasteiger partial charge on any atom is 0.252 e. The summed E-state index contributed by atoms with van der Waals surface area (Å²) in [6.45, 7) is 3.74. The highest BCUT2D eigenvalue weighted by Crippen LogP contribution is 2.05. The van der Waals surface area contributed by atoms with Crippen LogP contribution in [0.5, 0.6) is 0 Å². The minimum absolute atomic E-state index is 0.0376. The van der Waals surface area contributed by atoms with Crippen molar-refractivity contribution in [1.82, 2.24) is 10.3 Å². The van der Waals surface area contributed by atoms with Crippen LogP contribution in [0.25, 0.3) is 0 Å². The van der Waals surface area contributed by atoms with Gasteiger partial charge in [0.2, 0.25) is 0 Å². The van der Waals surface area contributed by atoms with Crippen LogP contribution in [0.15, 0.2) is 18.3 Å². The van der Waals surface area contributed by atoms with Gasteiger partial charge in [-0.05, 0) is 43.4 Å². The number of thioether (sulfide) groups is 1. The molecule has 112 valence electrons. The van der Waals surface area contributed by atoms with E-state index in [4.69, 9.17) is 0 Å². The third kappa shape index (κ3) is 6.80. The molecule has 0 bridgehead atoms. The van der Waals surface area contributed by atoms with Gasteiger partial charge in [0.25, 0.3) is 5.91 Å². The highest BCUT2D eigenvalue weighted by molar-refractivity contribution is 7.98. The van der Waals surface area contributed by atoms with E-state index in [0.29, 0.717) is 5.56 Å². The van der Waals surface area contributed by atoms with E-state index in [2.05, 4.69) is 28.8 Å². The van der Waals surface area contributed by atoms with Gasteiger partial charge in [0.05, 0.1) is 5.56 Å². The van der Waals surface area contributed by atoms with E-state index < -0.39 is 0 Å². The van der Waals surface area contributed by atoms with E-state index in [1.807, 2.05) is 23.9 Å². The summed E-state index contributed by atoms with van der Waals surface area (Å²) in [6, 6.07) is 3.66. The summed E-state index contributed by atoms with van der Waals surface area (Å²) in [7, 11) is 0. The van der Waals surface area contributed by atoms with Gasteiger partial charge in [0.15, 0.2) is 0 Å². The lowest BCUT2D eigenvalue weighted by atomic mass is 10.2. The zero-order valence-corrected chi connectivity index (χ0v) is 13.3. The first kappa shape index (κ1) is 16.8. The molecule has 0 atom stereocenters. The lowest BCUT2D eigenvalue weighted by Gasteiger charge is -2.06. The van der Waals surface area contributed by atoms with Gasteiger partial charge in [-0.3, -0.25) is 4.79 Å². The highest BCUT2D eigenvalue weighted by Gasteiger charge is 2.05. The van der Waals surface area contributed by atoms with Crippen LogP contribution in [0, 0.1) is 0 Å². The average Bonchev–Trinajstić information content (AvgIpc) is 2.49. The van der Waals surface area contributed by atoms with Gasteiger partial charge in [-0.25, -0.2) is 4.98 Å². The zero-order chi connectivity index (χ0) is 14.6. The van der Waals surface area contributed by atoms with Crippen LogP contribution in [0.2, 0.25) is 0 Å². The van der Waals surface area contributed by atoms with E-state index in [-0.39, 0.29) is 5.91 Å². The van der Waals surface area contributed by atoms with Gasteiger partial charge < -0.3 is 10.6 Å². The zero-order valence-electron chi connectivity index (χ0n) is 12.4. The number of nitrogens with zero attached hydrogens (tertiary/aromatic N) is 1. The number of amides is 1. The van der Waals surface area contributed by atoms with Crippen molar-refractivity contribution in [3.8, 4) is 0 Å². The summed E-state index contributed by atoms with van der Waals surface area (Å²) < 4.78 is 0. The van der Waals surface area contributed by atoms with Crippen molar-refractivity contribution >= 4 is 23.5 Å². The van der Waals surface area contributed by atoms with Crippen LogP contribution in [-0.2, 0) is 0 Å². The summed E-state index contributed by atoms with van der Waals surface area (Å²) in [4.78, 5) is 16.1. The molecule has 0 fully saturated rings. The standard InChI is InChI=1S/C15H25N3OS/c1-3-9-16-14-8-7-13(12-18-14)15(19)17-10-5-4-6-11-20-2/h7-8,12H,3-6,9-11H2,1-2H3,(H,16,18)(H,17,19). The number of aromatic nitrogens is 1. The molecule has 0 radical (unpaired) electrons. The van der Waals surface area contributed by atoms with Crippen molar-refractivity contribution in [3.05, 3.63) is 23.9 Å². The molecule has 0 spiro atoms. The maximum absolute atomic E-state index is 11.9. The Hall–Kier alpha value is -1.23. The Balaban J connectivity index is 2.25. The Labute approximate surface area is 126 Å². The summed E-state index contributed by atoms with van der Waals surface area (Å²) in [5, 5.41) is 6.12. The molecular weight excluding hydrogens is 270 g/mol. The molecule has 1 heterocycles. The molecule has 1 aromatic heterocycles. The number of nitrogens with one attached hydrogen (secondary N) is 2. The summed E-state index contributed by atoms with van der Waals surface area (Å²) in [5.74, 6) is 1.98. The minimum Gasteiger partial charge on any atom is -0.370 e. The summed E-state index contributed by atoms with van der Waals surface area (Å²) >= 11 is 1.87. The van der Waals surface area contributed by atoms with Crippen molar-refractivity contribution in [2.24, 2.45) is 0 Å². The fraction of sp³-hybridized carbons (Fsp3) is 0.600. The predicted octanol–water partition coefficient (Wildman–Crippen LogP) is 3.17. The number of rotatable bonds is 10. The van der Waals surface area contributed by atoms with E-state index in [0.717, 1.165) is 31.7 Å². The molecule has 0 aliphatic carbocycles. The number of pyridine rings is 1. The highest BCUT2D eigenvalue weighted by atomic mass is 32.2. The van der Waals surface area contributed by atoms with Crippen LogP contribution in [-0.4, -0.2) is 36.0 Å². The normalized spacial score (nSPS) is 10.3. The summed E-state index contributed by atoms with van der Waals surface area (Å²) in [5.41, 5.74) is 0.621. The molecule has 0 aliphatic rings. The van der Waals surface area contributed by atoms with E-state index in [1.165, 1.54) is 18.6 Å². The predicted molar refractivity (Wildman–Crippen MR) is 87.6 cm³/mol. The third-order valence-corrected chi connectivity index (χ3v) is 3.59. The molecule has 0 unspecified atom stereocenters.